The van der Waals surface area contributed by atoms with Gasteiger partial charge in [-0.2, -0.15) is 0 Å². The smallest absolute Gasteiger partial charge is 0.184 e. The molecule has 26 heavy (non-hydrogen) atoms. The van der Waals surface area contributed by atoms with Crippen molar-refractivity contribution in [3.05, 3.63) is 54.0 Å². The van der Waals surface area contributed by atoms with Crippen LogP contribution in [0.25, 0.3) is 11.3 Å². The van der Waals surface area contributed by atoms with Gasteiger partial charge < -0.3 is 14.0 Å². The van der Waals surface area contributed by atoms with Crippen LogP contribution in [0.4, 0.5) is 0 Å². The minimum absolute atomic E-state index is 0.244. The SMILES string of the molecule is Cc1cnccc1S(=O)(=O)Cc1cc(-c2ccc3c(c2)OCCO3)on1. The Hall–Kier alpha value is -2.87. The molecular weight excluding hydrogens is 356 g/mol. The van der Waals surface area contributed by atoms with Crippen LogP contribution in [0.5, 0.6) is 11.5 Å². The zero-order chi connectivity index (χ0) is 18.1. The fraction of sp³-hybridized carbons (Fsp3) is 0.222. The molecule has 134 valence electrons. The van der Waals surface area contributed by atoms with E-state index >= 15 is 0 Å². The first-order chi connectivity index (χ1) is 12.5. The van der Waals surface area contributed by atoms with Gasteiger partial charge in [0.25, 0.3) is 0 Å². The molecule has 3 aromatic rings. The van der Waals surface area contributed by atoms with Crippen molar-refractivity contribution in [3.63, 3.8) is 0 Å². The molecule has 3 heterocycles. The molecule has 0 aliphatic carbocycles. The number of aryl methyl sites for hydroxylation is 1. The second-order valence-corrected chi connectivity index (χ2v) is 7.90. The van der Waals surface area contributed by atoms with Crippen LogP contribution in [0, 0.1) is 6.92 Å². The van der Waals surface area contributed by atoms with Crippen molar-refractivity contribution in [2.24, 2.45) is 0 Å². The summed E-state index contributed by atoms with van der Waals surface area (Å²) in [5, 5.41) is 3.90. The van der Waals surface area contributed by atoms with Gasteiger partial charge in [-0.3, -0.25) is 4.98 Å². The Morgan fingerprint density at radius 2 is 1.88 bits per heavy atom. The first-order valence-corrected chi connectivity index (χ1v) is 9.67. The molecule has 8 heteroatoms. The largest absolute Gasteiger partial charge is 0.486 e. The standard InChI is InChI=1S/C18H16N2O5S/c1-12-10-19-5-4-18(12)26(21,22)11-14-9-16(25-20-14)13-2-3-15-17(8-13)24-7-6-23-15/h2-5,8-10H,6-7,11H2,1H3. The molecular formula is C18H16N2O5S. The van der Waals surface area contributed by atoms with Crippen molar-refractivity contribution in [1.82, 2.24) is 10.1 Å². The van der Waals surface area contributed by atoms with Crippen LogP contribution in [0.3, 0.4) is 0 Å². The minimum atomic E-state index is -3.53. The first kappa shape index (κ1) is 16.6. The van der Waals surface area contributed by atoms with Gasteiger partial charge in [-0.1, -0.05) is 5.16 Å². The van der Waals surface area contributed by atoms with Gasteiger partial charge in [0, 0.05) is 24.0 Å². The van der Waals surface area contributed by atoms with Gasteiger partial charge in [0.05, 0.1) is 10.6 Å². The fourth-order valence-corrected chi connectivity index (χ4v) is 4.29. The van der Waals surface area contributed by atoms with Gasteiger partial charge in [-0.05, 0) is 36.8 Å². The molecule has 1 aliphatic rings. The maximum absolute atomic E-state index is 12.6. The summed E-state index contributed by atoms with van der Waals surface area (Å²) < 4.78 is 41.6. The van der Waals surface area contributed by atoms with Gasteiger partial charge in [0.1, 0.15) is 19.0 Å². The number of pyridine rings is 1. The molecule has 0 amide bonds. The summed E-state index contributed by atoms with van der Waals surface area (Å²) in [5.41, 5.74) is 1.68. The summed E-state index contributed by atoms with van der Waals surface area (Å²) in [6.45, 7) is 2.72. The number of nitrogens with zero attached hydrogens (tertiary/aromatic N) is 2. The Bertz CT molecular complexity index is 1060. The van der Waals surface area contributed by atoms with E-state index in [0.29, 0.717) is 41.7 Å². The van der Waals surface area contributed by atoms with E-state index in [-0.39, 0.29) is 10.6 Å². The molecule has 0 unspecified atom stereocenters. The topological polar surface area (TPSA) is 91.5 Å². The zero-order valence-corrected chi connectivity index (χ0v) is 14.8. The van der Waals surface area contributed by atoms with Crippen molar-refractivity contribution in [2.75, 3.05) is 13.2 Å². The molecule has 0 saturated heterocycles. The lowest BCUT2D eigenvalue weighted by Gasteiger charge is -2.18. The lowest BCUT2D eigenvalue weighted by molar-refractivity contribution is 0.171. The average Bonchev–Trinajstić information content (AvgIpc) is 3.09. The lowest BCUT2D eigenvalue weighted by Crippen LogP contribution is -2.15. The number of rotatable bonds is 4. The van der Waals surface area contributed by atoms with E-state index in [4.69, 9.17) is 14.0 Å². The summed E-state index contributed by atoms with van der Waals surface area (Å²) in [6.07, 6.45) is 2.99. The molecule has 4 rings (SSSR count). The first-order valence-electron chi connectivity index (χ1n) is 8.02. The van der Waals surface area contributed by atoms with Crippen LogP contribution in [-0.4, -0.2) is 31.8 Å². The van der Waals surface area contributed by atoms with Crippen LogP contribution in [-0.2, 0) is 15.6 Å². The highest BCUT2D eigenvalue weighted by Gasteiger charge is 2.21. The Morgan fingerprint density at radius 3 is 2.69 bits per heavy atom. The van der Waals surface area contributed by atoms with Gasteiger partial charge >= 0.3 is 0 Å². The van der Waals surface area contributed by atoms with Crippen LogP contribution in [0.2, 0.25) is 0 Å². The number of ether oxygens (including phenoxy) is 2. The van der Waals surface area contributed by atoms with E-state index in [1.54, 1.807) is 25.1 Å². The summed E-state index contributed by atoms with van der Waals surface area (Å²) >= 11 is 0. The Balaban J connectivity index is 1.60. The van der Waals surface area contributed by atoms with Crippen molar-refractivity contribution in [3.8, 4) is 22.8 Å². The molecule has 2 aromatic heterocycles. The Labute approximate surface area is 150 Å². The van der Waals surface area contributed by atoms with Crippen LogP contribution >= 0.6 is 0 Å². The predicted molar refractivity (Wildman–Crippen MR) is 92.8 cm³/mol. The maximum atomic E-state index is 12.6. The Morgan fingerprint density at radius 1 is 1.08 bits per heavy atom. The van der Waals surface area contributed by atoms with Crippen LogP contribution < -0.4 is 9.47 Å². The molecule has 0 spiro atoms. The molecule has 0 radical (unpaired) electrons. The van der Waals surface area contributed by atoms with Gasteiger partial charge in [-0.15, -0.1) is 0 Å². The highest BCUT2D eigenvalue weighted by Crippen LogP contribution is 2.35. The number of benzene rings is 1. The number of hydrogen-bond donors (Lipinski definition) is 0. The van der Waals surface area contributed by atoms with E-state index in [1.165, 1.54) is 18.5 Å². The third-order valence-electron chi connectivity index (χ3n) is 4.03. The second kappa shape index (κ2) is 6.45. The van der Waals surface area contributed by atoms with E-state index in [1.807, 2.05) is 6.07 Å². The third kappa shape index (κ3) is 3.15. The summed E-state index contributed by atoms with van der Waals surface area (Å²) in [4.78, 5) is 4.17. The molecule has 0 atom stereocenters. The minimum Gasteiger partial charge on any atom is -0.486 e. The molecule has 0 saturated carbocycles. The van der Waals surface area contributed by atoms with Crippen molar-refractivity contribution in [1.29, 1.82) is 0 Å². The zero-order valence-electron chi connectivity index (χ0n) is 14.0. The molecule has 1 aromatic carbocycles. The molecule has 0 N–H and O–H groups in total. The molecule has 0 bridgehead atoms. The third-order valence-corrected chi connectivity index (χ3v) is 5.83. The van der Waals surface area contributed by atoms with Crippen molar-refractivity contribution < 1.29 is 22.4 Å². The van der Waals surface area contributed by atoms with Gasteiger partial charge in [0.2, 0.25) is 0 Å². The quantitative estimate of drug-likeness (QED) is 0.695. The lowest BCUT2D eigenvalue weighted by atomic mass is 10.1. The van der Waals surface area contributed by atoms with Crippen LogP contribution in [0.15, 0.2) is 52.1 Å². The van der Waals surface area contributed by atoms with E-state index < -0.39 is 9.84 Å². The molecule has 1 aliphatic heterocycles. The molecule has 7 nitrogen and oxygen atoms in total. The van der Waals surface area contributed by atoms with Crippen molar-refractivity contribution in [2.45, 2.75) is 17.6 Å². The number of aromatic nitrogens is 2. The highest BCUT2D eigenvalue weighted by atomic mass is 32.2. The van der Waals surface area contributed by atoms with E-state index in [9.17, 15) is 8.42 Å². The number of hydrogen-bond acceptors (Lipinski definition) is 7. The number of fused-ring (bicyclic) bond motifs is 1. The van der Waals surface area contributed by atoms with Gasteiger partial charge in [-0.25, -0.2) is 8.42 Å². The monoisotopic (exact) mass is 372 g/mol. The van der Waals surface area contributed by atoms with E-state index in [2.05, 4.69) is 10.1 Å². The maximum Gasteiger partial charge on any atom is 0.184 e. The van der Waals surface area contributed by atoms with Gasteiger partial charge in [0.15, 0.2) is 27.1 Å². The molecule has 0 fully saturated rings. The highest BCUT2D eigenvalue weighted by molar-refractivity contribution is 7.90. The number of sulfone groups is 1. The van der Waals surface area contributed by atoms with Crippen LogP contribution in [0.1, 0.15) is 11.3 Å². The fourth-order valence-electron chi connectivity index (χ4n) is 2.79. The summed E-state index contributed by atoms with van der Waals surface area (Å²) in [7, 11) is -3.53. The normalized spacial score (nSPS) is 13.6. The van der Waals surface area contributed by atoms with Crippen molar-refractivity contribution >= 4 is 9.84 Å². The Kier molecular flexibility index (Phi) is 4.12. The predicted octanol–water partition coefficient (Wildman–Crippen LogP) is 2.79. The average molecular weight is 372 g/mol. The summed E-state index contributed by atoms with van der Waals surface area (Å²) in [5.74, 6) is 1.53. The van der Waals surface area contributed by atoms with E-state index in [0.717, 1.165) is 5.56 Å². The second-order valence-electron chi connectivity index (χ2n) is 5.94. The summed E-state index contributed by atoms with van der Waals surface area (Å²) in [6, 6.07) is 8.52.